The van der Waals surface area contributed by atoms with Crippen LogP contribution in [0.3, 0.4) is 0 Å². The van der Waals surface area contributed by atoms with Gasteiger partial charge in [0.2, 0.25) is 0 Å². The van der Waals surface area contributed by atoms with E-state index in [1.807, 2.05) is 26.1 Å². The zero-order chi connectivity index (χ0) is 12.4. The molecule has 18 heavy (non-hydrogen) atoms. The van der Waals surface area contributed by atoms with Gasteiger partial charge in [0.05, 0.1) is 0 Å². The van der Waals surface area contributed by atoms with Crippen molar-refractivity contribution in [3.8, 4) is 0 Å². The second kappa shape index (κ2) is 6.16. The van der Waals surface area contributed by atoms with Gasteiger partial charge in [-0.25, -0.2) is 4.98 Å². The molecule has 1 unspecified atom stereocenters. The van der Waals surface area contributed by atoms with E-state index in [4.69, 9.17) is 5.73 Å². The first-order valence-electron chi connectivity index (χ1n) is 6.04. The van der Waals surface area contributed by atoms with Crippen LogP contribution in [-0.4, -0.2) is 35.4 Å². The average molecular weight is 270 g/mol. The maximum absolute atomic E-state index is 12.2. The van der Waals surface area contributed by atoms with E-state index in [9.17, 15) is 4.79 Å². The number of rotatable bonds is 4. The fourth-order valence-corrected chi connectivity index (χ4v) is 2.14. The zero-order valence-electron chi connectivity index (χ0n) is 10.8. The van der Waals surface area contributed by atoms with Crippen molar-refractivity contribution in [2.45, 2.75) is 25.8 Å². The molecule has 0 bridgehead atoms. The molecule has 1 aliphatic rings. The monoisotopic (exact) mass is 269 g/mol. The van der Waals surface area contributed by atoms with E-state index in [0.29, 0.717) is 18.2 Å². The molecule has 1 aliphatic carbocycles. The maximum Gasteiger partial charge on any atom is 0.272 e. The first-order chi connectivity index (χ1) is 8.13. The lowest BCUT2D eigenvalue weighted by molar-refractivity contribution is 0.0712. The normalized spacial score (nSPS) is 15.7. The predicted octanol–water partition coefficient (Wildman–Crippen LogP) is 1.62. The van der Waals surface area contributed by atoms with Gasteiger partial charge in [-0.2, -0.15) is 0 Å². The lowest BCUT2D eigenvalue weighted by Crippen LogP contribution is -2.43. The van der Waals surface area contributed by atoms with Crippen molar-refractivity contribution in [3.63, 3.8) is 0 Å². The molecular weight excluding hydrogens is 250 g/mol. The summed E-state index contributed by atoms with van der Waals surface area (Å²) in [5, 5.41) is 0. The van der Waals surface area contributed by atoms with Crippen LogP contribution in [0.5, 0.6) is 0 Å². The predicted molar refractivity (Wildman–Crippen MR) is 73.9 cm³/mol. The van der Waals surface area contributed by atoms with Gasteiger partial charge in [-0.15, -0.1) is 12.4 Å². The quantitative estimate of drug-likeness (QED) is 0.904. The van der Waals surface area contributed by atoms with Crippen LogP contribution in [0.1, 0.15) is 29.0 Å². The molecule has 4 nitrogen and oxygen atoms in total. The van der Waals surface area contributed by atoms with E-state index < -0.39 is 0 Å². The number of likely N-dealkylation sites (N-methyl/N-ethyl adjacent to an activating group) is 1. The highest BCUT2D eigenvalue weighted by molar-refractivity contribution is 5.92. The summed E-state index contributed by atoms with van der Waals surface area (Å²) in [6.45, 7) is 2.41. The summed E-state index contributed by atoms with van der Waals surface area (Å²) in [6, 6.07) is 5.66. The Hall–Kier alpha value is -1.13. The number of halogens is 1. The van der Waals surface area contributed by atoms with Gasteiger partial charge in [-0.3, -0.25) is 4.79 Å². The molecule has 100 valence electrons. The Labute approximate surface area is 114 Å². The van der Waals surface area contributed by atoms with Gasteiger partial charge in [0.15, 0.2) is 0 Å². The summed E-state index contributed by atoms with van der Waals surface area (Å²) in [5.41, 5.74) is 7.11. The third kappa shape index (κ3) is 3.21. The van der Waals surface area contributed by atoms with Gasteiger partial charge in [0.25, 0.3) is 5.91 Å². The first kappa shape index (κ1) is 14.9. The maximum atomic E-state index is 12.2. The molecule has 1 aromatic rings. The van der Waals surface area contributed by atoms with E-state index in [0.717, 1.165) is 5.69 Å². The van der Waals surface area contributed by atoms with Crippen LogP contribution in [0, 0.1) is 12.8 Å². The number of aryl methyl sites for hydroxylation is 1. The Bertz CT molecular complexity index is 420. The number of nitrogens with two attached hydrogens (primary N) is 1. The van der Waals surface area contributed by atoms with E-state index in [-0.39, 0.29) is 24.4 Å². The molecule has 1 fully saturated rings. The van der Waals surface area contributed by atoms with Crippen LogP contribution < -0.4 is 5.73 Å². The van der Waals surface area contributed by atoms with E-state index in [1.54, 1.807) is 11.0 Å². The lowest BCUT2D eigenvalue weighted by Gasteiger charge is -2.26. The van der Waals surface area contributed by atoms with Gasteiger partial charge in [-0.1, -0.05) is 6.07 Å². The molecule has 1 saturated carbocycles. The van der Waals surface area contributed by atoms with Gasteiger partial charge in [0.1, 0.15) is 5.69 Å². The third-order valence-electron chi connectivity index (χ3n) is 3.33. The number of nitrogens with zero attached hydrogens (tertiary/aromatic N) is 2. The van der Waals surface area contributed by atoms with E-state index in [1.165, 1.54) is 12.8 Å². The summed E-state index contributed by atoms with van der Waals surface area (Å²) in [6.07, 6.45) is 2.36. The van der Waals surface area contributed by atoms with Crippen molar-refractivity contribution in [2.75, 3.05) is 13.6 Å². The molecule has 1 atom stereocenters. The van der Waals surface area contributed by atoms with E-state index in [2.05, 4.69) is 4.98 Å². The largest absolute Gasteiger partial charge is 0.336 e. The lowest BCUT2D eigenvalue weighted by atomic mass is 10.1. The van der Waals surface area contributed by atoms with Crippen molar-refractivity contribution in [2.24, 2.45) is 11.7 Å². The van der Waals surface area contributed by atoms with Crippen molar-refractivity contribution in [3.05, 3.63) is 29.6 Å². The van der Waals surface area contributed by atoms with Crippen LogP contribution in [-0.2, 0) is 0 Å². The first-order valence-corrected chi connectivity index (χ1v) is 6.04. The Morgan fingerprint density at radius 2 is 2.22 bits per heavy atom. The highest BCUT2D eigenvalue weighted by atomic mass is 35.5. The van der Waals surface area contributed by atoms with Crippen molar-refractivity contribution < 1.29 is 4.79 Å². The highest BCUT2D eigenvalue weighted by Gasteiger charge is 2.35. The Morgan fingerprint density at radius 3 is 2.72 bits per heavy atom. The number of hydrogen-bond donors (Lipinski definition) is 1. The van der Waals surface area contributed by atoms with Crippen LogP contribution >= 0.6 is 12.4 Å². The minimum absolute atomic E-state index is 0. The van der Waals surface area contributed by atoms with Gasteiger partial charge >= 0.3 is 0 Å². The molecule has 1 aromatic heterocycles. The smallest absolute Gasteiger partial charge is 0.272 e. The number of hydrogen-bond acceptors (Lipinski definition) is 3. The SMILES string of the molecule is Cc1cccc(C(=O)N(C)C(CN)C2CC2)n1.Cl. The third-order valence-corrected chi connectivity index (χ3v) is 3.33. The van der Waals surface area contributed by atoms with Crippen LogP contribution in [0.4, 0.5) is 0 Å². The van der Waals surface area contributed by atoms with Crippen LogP contribution in [0.2, 0.25) is 0 Å². The van der Waals surface area contributed by atoms with Crippen LogP contribution in [0.15, 0.2) is 18.2 Å². The van der Waals surface area contributed by atoms with Crippen molar-refractivity contribution in [1.82, 2.24) is 9.88 Å². The minimum Gasteiger partial charge on any atom is -0.336 e. The van der Waals surface area contributed by atoms with Crippen molar-refractivity contribution >= 4 is 18.3 Å². The average Bonchev–Trinajstić information content (AvgIpc) is 3.13. The molecule has 1 amide bonds. The number of pyridine rings is 1. The van der Waals surface area contributed by atoms with Gasteiger partial charge < -0.3 is 10.6 Å². The summed E-state index contributed by atoms with van der Waals surface area (Å²) >= 11 is 0. The Balaban J connectivity index is 0.00000162. The second-order valence-corrected chi connectivity index (χ2v) is 4.72. The summed E-state index contributed by atoms with van der Waals surface area (Å²) in [4.78, 5) is 18.2. The van der Waals surface area contributed by atoms with Gasteiger partial charge in [0, 0.05) is 25.3 Å². The van der Waals surface area contributed by atoms with Crippen LogP contribution in [0.25, 0.3) is 0 Å². The molecule has 2 rings (SSSR count). The number of amides is 1. The summed E-state index contributed by atoms with van der Waals surface area (Å²) in [7, 11) is 1.82. The zero-order valence-corrected chi connectivity index (χ0v) is 11.6. The molecule has 5 heteroatoms. The van der Waals surface area contributed by atoms with Crippen molar-refractivity contribution in [1.29, 1.82) is 0 Å². The Morgan fingerprint density at radius 1 is 1.56 bits per heavy atom. The summed E-state index contributed by atoms with van der Waals surface area (Å²) < 4.78 is 0. The fraction of sp³-hybridized carbons (Fsp3) is 0.538. The van der Waals surface area contributed by atoms with Gasteiger partial charge in [-0.05, 0) is 37.8 Å². The Kier molecular flexibility index (Phi) is 5.11. The van der Waals surface area contributed by atoms with E-state index >= 15 is 0 Å². The molecule has 0 aromatic carbocycles. The molecule has 0 spiro atoms. The molecule has 0 saturated heterocycles. The molecular formula is C13H20ClN3O. The topological polar surface area (TPSA) is 59.2 Å². The molecule has 0 aliphatic heterocycles. The minimum atomic E-state index is -0.0314. The fourth-order valence-electron chi connectivity index (χ4n) is 2.14. The highest BCUT2D eigenvalue weighted by Crippen LogP contribution is 2.34. The summed E-state index contributed by atoms with van der Waals surface area (Å²) in [5.74, 6) is 0.551. The molecule has 1 heterocycles. The molecule has 0 radical (unpaired) electrons. The number of carbonyl (C=O) groups excluding carboxylic acids is 1. The number of aromatic nitrogens is 1. The molecule has 2 N–H and O–H groups in total. The number of carbonyl (C=O) groups is 1. The standard InChI is InChI=1S/C13H19N3O.ClH/c1-9-4-3-5-11(15-9)13(17)16(2)12(8-14)10-6-7-10;/h3-5,10,12H,6-8,14H2,1-2H3;1H. The second-order valence-electron chi connectivity index (χ2n) is 4.72.